The van der Waals surface area contributed by atoms with Gasteiger partial charge in [-0.25, -0.2) is 9.78 Å². The van der Waals surface area contributed by atoms with Crippen molar-refractivity contribution in [3.05, 3.63) is 81.8 Å². The average Bonchev–Trinajstić information content (AvgIpc) is 3.55. The normalized spacial score (nSPS) is 14.1. The molecular formula is C24H24N2O3S2. The van der Waals surface area contributed by atoms with Crippen LogP contribution in [0.4, 0.5) is 0 Å². The number of amides is 1. The Morgan fingerprint density at radius 2 is 1.90 bits per heavy atom. The van der Waals surface area contributed by atoms with E-state index in [4.69, 9.17) is 4.74 Å². The number of aromatic nitrogens is 1. The van der Waals surface area contributed by atoms with Crippen molar-refractivity contribution in [3.8, 4) is 0 Å². The van der Waals surface area contributed by atoms with Crippen molar-refractivity contribution >= 4 is 35.0 Å². The molecule has 1 aliphatic carbocycles. The molecule has 0 bridgehead atoms. The fourth-order valence-electron chi connectivity index (χ4n) is 3.37. The monoisotopic (exact) mass is 452 g/mol. The summed E-state index contributed by atoms with van der Waals surface area (Å²) in [5, 5.41) is 6.08. The predicted molar refractivity (Wildman–Crippen MR) is 123 cm³/mol. The zero-order valence-corrected chi connectivity index (χ0v) is 18.9. The maximum absolute atomic E-state index is 12.7. The van der Waals surface area contributed by atoms with E-state index in [9.17, 15) is 9.59 Å². The van der Waals surface area contributed by atoms with E-state index in [1.54, 1.807) is 23.5 Å². The zero-order chi connectivity index (χ0) is 21.6. The number of esters is 1. The molecule has 1 amide bonds. The Kier molecular flexibility index (Phi) is 7.04. The molecule has 0 saturated heterocycles. The van der Waals surface area contributed by atoms with Gasteiger partial charge in [0.2, 0.25) is 0 Å². The third kappa shape index (κ3) is 5.95. The maximum atomic E-state index is 12.7. The number of benzene rings is 2. The molecule has 1 aliphatic rings. The number of hydrogen-bond donors (Lipinski definition) is 1. The molecule has 3 aromatic rings. The first-order valence-corrected chi connectivity index (χ1v) is 12.1. The molecule has 1 fully saturated rings. The van der Waals surface area contributed by atoms with Crippen molar-refractivity contribution in [1.29, 1.82) is 0 Å². The van der Waals surface area contributed by atoms with Crippen LogP contribution >= 0.6 is 23.1 Å². The van der Waals surface area contributed by atoms with Crippen LogP contribution in [0, 0.1) is 12.8 Å². The van der Waals surface area contributed by atoms with Crippen molar-refractivity contribution in [2.45, 2.75) is 36.5 Å². The van der Waals surface area contributed by atoms with Gasteiger partial charge in [-0.1, -0.05) is 42.5 Å². The van der Waals surface area contributed by atoms with Crippen LogP contribution < -0.4 is 5.32 Å². The fraction of sp³-hybridized carbons (Fsp3) is 0.292. The molecule has 0 radical (unpaired) electrons. The predicted octanol–water partition coefficient (Wildman–Crippen LogP) is 5.17. The minimum absolute atomic E-state index is 0.0307. The molecule has 4 rings (SSSR count). The van der Waals surface area contributed by atoms with Crippen LogP contribution in [0.1, 0.15) is 45.5 Å². The van der Waals surface area contributed by atoms with Crippen LogP contribution in [0.15, 0.2) is 64.9 Å². The van der Waals surface area contributed by atoms with E-state index in [-0.39, 0.29) is 18.6 Å². The van der Waals surface area contributed by atoms with Gasteiger partial charge in [0.1, 0.15) is 0 Å². The summed E-state index contributed by atoms with van der Waals surface area (Å²) in [4.78, 5) is 30.4. The second-order valence-electron chi connectivity index (χ2n) is 7.51. The third-order valence-corrected chi connectivity index (χ3v) is 6.98. The highest BCUT2D eigenvalue weighted by Gasteiger charge is 2.33. The number of thioether (sulfide) groups is 1. The van der Waals surface area contributed by atoms with E-state index in [0.717, 1.165) is 34.0 Å². The Labute approximate surface area is 190 Å². The molecule has 5 nitrogen and oxygen atoms in total. The van der Waals surface area contributed by atoms with Crippen LogP contribution in [0.25, 0.3) is 0 Å². The van der Waals surface area contributed by atoms with Crippen LogP contribution in [-0.2, 0) is 15.3 Å². The highest BCUT2D eigenvalue weighted by atomic mass is 32.2. The number of nitrogens with zero attached hydrogens (tertiary/aromatic N) is 1. The summed E-state index contributed by atoms with van der Waals surface area (Å²) in [7, 11) is 0. The molecule has 1 aromatic heterocycles. The smallest absolute Gasteiger partial charge is 0.339 e. The van der Waals surface area contributed by atoms with Gasteiger partial charge in [-0.05, 0) is 43.4 Å². The van der Waals surface area contributed by atoms with Gasteiger partial charge in [0, 0.05) is 16.0 Å². The van der Waals surface area contributed by atoms with Crippen molar-refractivity contribution in [2.24, 2.45) is 5.92 Å². The number of aryl methyl sites for hydroxylation is 1. The molecule has 1 saturated carbocycles. The first-order valence-electron chi connectivity index (χ1n) is 10.2. The molecule has 1 unspecified atom stereocenters. The first kappa shape index (κ1) is 21.6. The maximum Gasteiger partial charge on any atom is 0.339 e. The number of hydrogen-bond acceptors (Lipinski definition) is 6. The SMILES string of the molecule is Cc1nc(CSc2ccccc2C(=O)OCC(=O)NC(c2ccccc2)C2CC2)cs1. The Morgan fingerprint density at radius 1 is 1.16 bits per heavy atom. The highest BCUT2D eigenvalue weighted by Crippen LogP contribution is 2.40. The molecule has 2 aromatic carbocycles. The molecule has 1 heterocycles. The van der Waals surface area contributed by atoms with E-state index in [1.165, 1.54) is 11.8 Å². The Hall–Kier alpha value is -2.64. The summed E-state index contributed by atoms with van der Waals surface area (Å²) in [6.07, 6.45) is 2.20. The molecule has 1 atom stereocenters. The summed E-state index contributed by atoms with van der Waals surface area (Å²) in [6, 6.07) is 17.2. The molecule has 31 heavy (non-hydrogen) atoms. The van der Waals surface area contributed by atoms with Gasteiger partial charge in [0.15, 0.2) is 6.61 Å². The lowest BCUT2D eigenvalue weighted by Gasteiger charge is -2.19. The molecule has 160 valence electrons. The average molecular weight is 453 g/mol. The topological polar surface area (TPSA) is 68.3 Å². The second kappa shape index (κ2) is 10.1. The summed E-state index contributed by atoms with van der Waals surface area (Å²) in [6.45, 7) is 1.68. The van der Waals surface area contributed by atoms with Crippen LogP contribution in [0.3, 0.4) is 0 Å². The number of carbonyl (C=O) groups is 2. The first-order chi connectivity index (χ1) is 15.1. The van der Waals surface area contributed by atoms with Crippen LogP contribution in [0.5, 0.6) is 0 Å². The highest BCUT2D eigenvalue weighted by molar-refractivity contribution is 7.98. The van der Waals surface area contributed by atoms with Gasteiger partial charge >= 0.3 is 5.97 Å². The van der Waals surface area contributed by atoms with E-state index < -0.39 is 5.97 Å². The fourth-order valence-corrected chi connectivity index (χ4v) is 5.03. The van der Waals surface area contributed by atoms with E-state index >= 15 is 0 Å². The van der Waals surface area contributed by atoms with Gasteiger partial charge in [0.25, 0.3) is 5.91 Å². The van der Waals surface area contributed by atoms with Crippen LogP contribution in [-0.4, -0.2) is 23.5 Å². The van der Waals surface area contributed by atoms with E-state index in [1.807, 2.05) is 54.8 Å². The molecular weight excluding hydrogens is 428 g/mol. The summed E-state index contributed by atoms with van der Waals surface area (Å²) in [5.74, 6) is 0.357. The van der Waals surface area contributed by atoms with Gasteiger partial charge in [-0.15, -0.1) is 23.1 Å². The van der Waals surface area contributed by atoms with Gasteiger partial charge in [0.05, 0.1) is 22.3 Å². The zero-order valence-electron chi connectivity index (χ0n) is 17.2. The van der Waals surface area contributed by atoms with Crippen molar-refractivity contribution in [3.63, 3.8) is 0 Å². The number of carbonyl (C=O) groups excluding carboxylic acids is 2. The molecule has 1 N–H and O–H groups in total. The van der Waals surface area contributed by atoms with Crippen molar-refractivity contribution in [1.82, 2.24) is 10.3 Å². The number of ether oxygens (including phenoxy) is 1. The lowest BCUT2D eigenvalue weighted by atomic mass is 10.0. The van der Waals surface area contributed by atoms with Gasteiger partial charge in [-0.3, -0.25) is 4.79 Å². The van der Waals surface area contributed by atoms with Gasteiger partial charge < -0.3 is 10.1 Å². The molecule has 0 spiro atoms. The molecule has 7 heteroatoms. The minimum atomic E-state index is -0.490. The largest absolute Gasteiger partial charge is 0.452 e. The van der Waals surface area contributed by atoms with E-state index in [0.29, 0.717) is 17.2 Å². The minimum Gasteiger partial charge on any atom is -0.452 e. The Bertz CT molecular complexity index is 1050. The summed E-state index contributed by atoms with van der Waals surface area (Å²) < 4.78 is 5.35. The number of nitrogens with one attached hydrogen (secondary N) is 1. The lowest BCUT2D eigenvalue weighted by molar-refractivity contribution is -0.125. The standard InChI is InChI=1S/C24H24N2O3S2/c1-16-25-19(14-30-16)15-31-21-10-6-5-9-20(21)24(28)29-13-22(27)26-23(18-11-12-18)17-7-3-2-4-8-17/h2-10,14,18,23H,11-13,15H2,1H3,(H,26,27). The number of thiazole rings is 1. The van der Waals surface area contributed by atoms with E-state index in [2.05, 4.69) is 10.3 Å². The number of rotatable bonds is 9. The summed E-state index contributed by atoms with van der Waals surface area (Å²) >= 11 is 3.15. The van der Waals surface area contributed by atoms with Crippen molar-refractivity contribution in [2.75, 3.05) is 6.61 Å². The Balaban J connectivity index is 1.33. The second-order valence-corrected chi connectivity index (χ2v) is 9.59. The van der Waals surface area contributed by atoms with Crippen molar-refractivity contribution < 1.29 is 14.3 Å². The van der Waals surface area contributed by atoms with Gasteiger partial charge in [-0.2, -0.15) is 0 Å². The lowest BCUT2D eigenvalue weighted by Crippen LogP contribution is -2.33. The van der Waals surface area contributed by atoms with Crippen LogP contribution in [0.2, 0.25) is 0 Å². The molecule has 0 aliphatic heterocycles. The Morgan fingerprint density at radius 3 is 2.61 bits per heavy atom. The third-order valence-electron chi connectivity index (χ3n) is 5.05. The quantitative estimate of drug-likeness (QED) is 0.358. The summed E-state index contributed by atoms with van der Waals surface area (Å²) in [5.41, 5.74) is 2.54.